The Bertz CT molecular complexity index is 243. The summed E-state index contributed by atoms with van der Waals surface area (Å²) in [5, 5.41) is 3.61. The van der Waals surface area contributed by atoms with E-state index in [4.69, 9.17) is 9.47 Å². The van der Waals surface area contributed by atoms with Gasteiger partial charge in [-0.05, 0) is 44.6 Å². The fourth-order valence-corrected chi connectivity index (χ4v) is 3.45. The van der Waals surface area contributed by atoms with Gasteiger partial charge in [0, 0.05) is 19.8 Å². The Kier molecular flexibility index (Phi) is 7.32. The van der Waals surface area contributed by atoms with E-state index in [9.17, 15) is 0 Å². The third kappa shape index (κ3) is 5.34. The van der Waals surface area contributed by atoms with Crippen molar-refractivity contribution in [3.63, 3.8) is 0 Å². The van der Waals surface area contributed by atoms with Gasteiger partial charge in [-0.15, -0.1) is 0 Å². The number of rotatable bonds is 7. The summed E-state index contributed by atoms with van der Waals surface area (Å²) in [6, 6.07) is 0. The van der Waals surface area contributed by atoms with Gasteiger partial charge in [-0.25, -0.2) is 0 Å². The molecule has 0 aromatic heterocycles. The topological polar surface area (TPSA) is 30.5 Å². The second kappa shape index (κ2) is 9.01. The predicted octanol–water partition coefficient (Wildman–Crippen LogP) is 3.52. The maximum atomic E-state index is 6.52. The second-order valence-electron chi connectivity index (χ2n) is 6.64. The molecular formula is C17H33NO2. The maximum absolute atomic E-state index is 6.52. The molecule has 1 aliphatic heterocycles. The number of nitrogens with one attached hydrogen (secondary N) is 1. The van der Waals surface area contributed by atoms with Gasteiger partial charge in [0.25, 0.3) is 0 Å². The molecule has 0 aromatic carbocycles. The molecule has 0 aromatic rings. The molecule has 0 unspecified atom stereocenters. The van der Waals surface area contributed by atoms with Gasteiger partial charge in [0.05, 0.1) is 12.2 Å². The van der Waals surface area contributed by atoms with Crippen LogP contribution in [0.25, 0.3) is 0 Å². The van der Waals surface area contributed by atoms with Crippen LogP contribution < -0.4 is 5.32 Å². The lowest BCUT2D eigenvalue weighted by atomic mass is 9.93. The van der Waals surface area contributed by atoms with E-state index in [1.54, 1.807) is 0 Å². The Hall–Kier alpha value is -0.120. The largest absolute Gasteiger partial charge is 0.381 e. The first-order valence-corrected chi connectivity index (χ1v) is 8.77. The maximum Gasteiger partial charge on any atom is 0.0806 e. The van der Waals surface area contributed by atoms with E-state index in [-0.39, 0.29) is 5.60 Å². The van der Waals surface area contributed by atoms with Crippen molar-refractivity contribution in [3.8, 4) is 0 Å². The van der Waals surface area contributed by atoms with Crippen LogP contribution in [0.1, 0.15) is 64.7 Å². The highest BCUT2D eigenvalue weighted by Gasteiger charge is 2.32. The Morgan fingerprint density at radius 1 is 1.10 bits per heavy atom. The van der Waals surface area contributed by atoms with Crippen molar-refractivity contribution in [2.75, 3.05) is 32.9 Å². The molecule has 1 saturated heterocycles. The molecule has 1 aliphatic carbocycles. The molecule has 1 saturated carbocycles. The van der Waals surface area contributed by atoms with Crippen LogP contribution in [0.2, 0.25) is 0 Å². The normalized spacial score (nSPS) is 24.4. The zero-order valence-electron chi connectivity index (χ0n) is 13.3. The summed E-state index contributed by atoms with van der Waals surface area (Å²) in [5.74, 6) is 0.718. The fourth-order valence-electron chi connectivity index (χ4n) is 3.45. The zero-order chi connectivity index (χ0) is 14.1. The van der Waals surface area contributed by atoms with Crippen molar-refractivity contribution in [1.29, 1.82) is 0 Å². The molecule has 0 radical (unpaired) electrons. The minimum atomic E-state index is 0.115. The molecule has 3 nitrogen and oxygen atoms in total. The molecule has 0 atom stereocenters. The lowest BCUT2D eigenvalue weighted by Gasteiger charge is -2.35. The van der Waals surface area contributed by atoms with E-state index in [1.807, 2.05) is 0 Å². The molecule has 1 heterocycles. The van der Waals surface area contributed by atoms with E-state index < -0.39 is 0 Å². The van der Waals surface area contributed by atoms with Crippen LogP contribution >= 0.6 is 0 Å². The molecular weight excluding hydrogens is 250 g/mol. The molecule has 2 fully saturated rings. The third-order valence-corrected chi connectivity index (χ3v) is 4.85. The first-order valence-electron chi connectivity index (χ1n) is 8.77. The van der Waals surface area contributed by atoms with Gasteiger partial charge < -0.3 is 14.8 Å². The highest BCUT2D eigenvalue weighted by atomic mass is 16.5. The fraction of sp³-hybridized carbons (Fsp3) is 1.00. The highest BCUT2D eigenvalue weighted by molar-refractivity contribution is 4.86. The number of hydrogen-bond donors (Lipinski definition) is 1. The summed E-state index contributed by atoms with van der Waals surface area (Å²) in [4.78, 5) is 0. The predicted molar refractivity (Wildman–Crippen MR) is 83.1 cm³/mol. The first kappa shape index (κ1) is 16.3. The van der Waals surface area contributed by atoms with Crippen molar-refractivity contribution in [2.45, 2.75) is 70.3 Å². The average Bonchev–Trinajstić information content (AvgIpc) is 2.73. The second-order valence-corrected chi connectivity index (χ2v) is 6.64. The summed E-state index contributed by atoms with van der Waals surface area (Å²) in [6.45, 7) is 7.18. The van der Waals surface area contributed by atoms with Gasteiger partial charge in [0.2, 0.25) is 0 Å². The lowest BCUT2D eigenvalue weighted by molar-refractivity contribution is -0.0824. The van der Waals surface area contributed by atoms with E-state index in [0.717, 1.165) is 38.8 Å². The van der Waals surface area contributed by atoms with Gasteiger partial charge in [0.1, 0.15) is 0 Å². The summed E-state index contributed by atoms with van der Waals surface area (Å²) in [6.07, 6.45) is 11.5. The summed E-state index contributed by atoms with van der Waals surface area (Å²) in [5.41, 5.74) is 0.115. The summed E-state index contributed by atoms with van der Waals surface area (Å²) < 4.78 is 12.0. The molecule has 3 heteroatoms. The van der Waals surface area contributed by atoms with Crippen LogP contribution in [-0.2, 0) is 9.47 Å². The van der Waals surface area contributed by atoms with Crippen molar-refractivity contribution < 1.29 is 9.47 Å². The van der Waals surface area contributed by atoms with Crippen molar-refractivity contribution in [3.05, 3.63) is 0 Å². The zero-order valence-corrected chi connectivity index (χ0v) is 13.3. The average molecular weight is 283 g/mol. The molecule has 118 valence electrons. The summed E-state index contributed by atoms with van der Waals surface area (Å²) in [7, 11) is 0. The van der Waals surface area contributed by atoms with Crippen LogP contribution in [0.3, 0.4) is 0 Å². The third-order valence-electron chi connectivity index (χ3n) is 4.85. The monoisotopic (exact) mass is 283 g/mol. The van der Waals surface area contributed by atoms with E-state index in [2.05, 4.69) is 12.2 Å². The van der Waals surface area contributed by atoms with Crippen molar-refractivity contribution >= 4 is 0 Å². The Balaban J connectivity index is 1.83. The van der Waals surface area contributed by atoms with Crippen LogP contribution in [0.15, 0.2) is 0 Å². The highest BCUT2D eigenvalue weighted by Crippen LogP contribution is 2.31. The van der Waals surface area contributed by atoms with E-state index in [1.165, 1.54) is 57.8 Å². The van der Waals surface area contributed by atoms with Gasteiger partial charge >= 0.3 is 0 Å². The number of ether oxygens (including phenoxy) is 2. The van der Waals surface area contributed by atoms with E-state index >= 15 is 0 Å². The van der Waals surface area contributed by atoms with Gasteiger partial charge in [-0.1, -0.05) is 32.6 Å². The van der Waals surface area contributed by atoms with Gasteiger partial charge in [0.15, 0.2) is 0 Å². The van der Waals surface area contributed by atoms with Crippen molar-refractivity contribution in [1.82, 2.24) is 5.32 Å². The molecule has 20 heavy (non-hydrogen) atoms. The smallest absolute Gasteiger partial charge is 0.0806 e. The molecule has 1 N–H and O–H groups in total. The van der Waals surface area contributed by atoms with Crippen LogP contribution in [0.4, 0.5) is 0 Å². The van der Waals surface area contributed by atoms with Crippen LogP contribution in [-0.4, -0.2) is 38.5 Å². The van der Waals surface area contributed by atoms with Gasteiger partial charge in [-0.2, -0.15) is 0 Å². The Labute approximate surface area is 124 Å². The molecule has 0 amide bonds. The Morgan fingerprint density at radius 2 is 1.80 bits per heavy atom. The van der Waals surface area contributed by atoms with E-state index in [0.29, 0.717) is 0 Å². The quantitative estimate of drug-likeness (QED) is 0.573. The SMILES string of the molecule is CCCNCC1(OCC2CCOCC2)CCCCCC1. The summed E-state index contributed by atoms with van der Waals surface area (Å²) >= 11 is 0. The van der Waals surface area contributed by atoms with Gasteiger partial charge in [-0.3, -0.25) is 0 Å². The molecule has 2 aliphatic rings. The Morgan fingerprint density at radius 3 is 2.45 bits per heavy atom. The number of hydrogen-bond acceptors (Lipinski definition) is 3. The first-order chi connectivity index (χ1) is 9.85. The van der Waals surface area contributed by atoms with Crippen molar-refractivity contribution in [2.24, 2.45) is 5.92 Å². The van der Waals surface area contributed by atoms with Crippen LogP contribution in [0, 0.1) is 5.92 Å². The molecule has 0 bridgehead atoms. The van der Waals surface area contributed by atoms with Crippen LogP contribution in [0.5, 0.6) is 0 Å². The lowest BCUT2D eigenvalue weighted by Crippen LogP contribution is -2.44. The molecule has 0 spiro atoms. The minimum absolute atomic E-state index is 0.115. The minimum Gasteiger partial charge on any atom is -0.381 e. The molecule has 2 rings (SSSR count). The standard InChI is InChI=1S/C17H33NO2/c1-2-11-18-15-17(9-5-3-4-6-10-17)20-14-16-7-12-19-13-8-16/h16,18H,2-15H2,1H3.